The Balaban J connectivity index is 1.94. The van der Waals surface area contributed by atoms with Gasteiger partial charge in [0, 0.05) is 0 Å². The predicted octanol–water partition coefficient (Wildman–Crippen LogP) is 2.81. The van der Waals surface area contributed by atoms with Gasteiger partial charge in [-0.25, -0.2) is 0 Å². The van der Waals surface area contributed by atoms with Crippen LogP contribution in [0.4, 0.5) is 0 Å². The lowest BCUT2D eigenvalue weighted by atomic mass is 9.95. The maximum absolute atomic E-state index is 12.2. The van der Waals surface area contributed by atoms with E-state index in [0.717, 1.165) is 11.3 Å². The second-order valence-corrected chi connectivity index (χ2v) is 4.81. The molecule has 0 spiro atoms. The second kappa shape index (κ2) is 5.01. The van der Waals surface area contributed by atoms with Crippen molar-refractivity contribution in [1.29, 1.82) is 0 Å². The number of benzene rings is 2. The largest absolute Gasteiger partial charge is 0.504 e. The van der Waals surface area contributed by atoms with Crippen LogP contribution in [0.3, 0.4) is 0 Å². The lowest BCUT2D eigenvalue weighted by molar-refractivity contribution is 0.0844. The van der Waals surface area contributed by atoms with E-state index in [1.807, 2.05) is 12.1 Å². The molecule has 0 saturated carbocycles. The summed E-state index contributed by atoms with van der Waals surface area (Å²) >= 11 is 0. The molecule has 2 N–H and O–H groups in total. The van der Waals surface area contributed by atoms with Crippen LogP contribution in [-0.2, 0) is 0 Å². The maximum atomic E-state index is 12.2. The highest BCUT2D eigenvalue weighted by Crippen LogP contribution is 2.42. The zero-order valence-corrected chi connectivity index (χ0v) is 11.4. The van der Waals surface area contributed by atoms with Gasteiger partial charge < -0.3 is 19.7 Å². The first-order chi connectivity index (χ1) is 10.1. The van der Waals surface area contributed by atoms with Crippen molar-refractivity contribution in [3.63, 3.8) is 0 Å². The molecule has 2 aromatic rings. The lowest BCUT2D eigenvalue weighted by Gasteiger charge is -2.26. The van der Waals surface area contributed by atoms with E-state index in [0.29, 0.717) is 0 Å². The molecule has 2 aromatic carbocycles. The van der Waals surface area contributed by atoms with Gasteiger partial charge >= 0.3 is 0 Å². The van der Waals surface area contributed by atoms with Gasteiger partial charge in [-0.15, -0.1) is 0 Å². The molecule has 1 atom stereocenters. The molecule has 0 unspecified atom stereocenters. The molecule has 0 saturated heterocycles. The number of methoxy groups -OCH3 is 1. The fourth-order valence-electron chi connectivity index (χ4n) is 2.40. The van der Waals surface area contributed by atoms with Gasteiger partial charge in [0.15, 0.2) is 17.3 Å². The Bertz CT molecular complexity index is 691. The molecule has 5 heteroatoms. The minimum Gasteiger partial charge on any atom is -0.504 e. The van der Waals surface area contributed by atoms with E-state index < -0.39 is 11.9 Å². The molecule has 21 heavy (non-hydrogen) atoms. The number of carbonyl (C=O) groups is 1. The van der Waals surface area contributed by atoms with Crippen LogP contribution in [0.2, 0.25) is 0 Å². The van der Waals surface area contributed by atoms with Crippen LogP contribution < -0.4 is 9.47 Å². The summed E-state index contributed by atoms with van der Waals surface area (Å²) < 4.78 is 10.9. The fraction of sp³-hybridized carbons (Fsp3) is 0.188. The van der Waals surface area contributed by atoms with E-state index in [-0.39, 0.29) is 29.3 Å². The van der Waals surface area contributed by atoms with Crippen LogP contribution in [0.5, 0.6) is 23.0 Å². The van der Waals surface area contributed by atoms with Crippen molar-refractivity contribution in [2.45, 2.75) is 12.5 Å². The van der Waals surface area contributed by atoms with E-state index in [9.17, 15) is 15.0 Å². The third kappa shape index (κ3) is 2.27. The van der Waals surface area contributed by atoms with E-state index in [4.69, 9.17) is 9.47 Å². The van der Waals surface area contributed by atoms with Gasteiger partial charge in [0.25, 0.3) is 0 Å². The number of phenolic OH excluding ortho intramolecular Hbond substituents is 2. The lowest BCUT2D eigenvalue weighted by Crippen LogP contribution is -2.20. The number of carbonyl (C=O) groups excluding carboxylic acids is 1. The minimum absolute atomic E-state index is 0.0414. The van der Waals surface area contributed by atoms with Gasteiger partial charge in [-0.1, -0.05) is 12.1 Å². The molecule has 1 aliphatic rings. The summed E-state index contributed by atoms with van der Waals surface area (Å²) in [6.45, 7) is 0. The molecule has 108 valence electrons. The first-order valence-electron chi connectivity index (χ1n) is 6.49. The standard InChI is InChI=1S/C16H14O5/c1-20-10-4-2-9(3-5-10)14-8-12(18)15-13(21-14)7-6-11(17)16(15)19/h2-7,14,17,19H,8H2,1H3/t14-/m0/s1. The van der Waals surface area contributed by atoms with Crippen LogP contribution in [0, 0.1) is 0 Å². The third-order valence-corrected chi connectivity index (χ3v) is 3.52. The van der Waals surface area contributed by atoms with E-state index >= 15 is 0 Å². The monoisotopic (exact) mass is 286 g/mol. The van der Waals surface area contributed by atoms with Crippen molar-refractivity contribution in [1.82, 2.24) is 0 Å². The van der Waals surface area contributed by atoms with Gasteiger partial charge in [-0.2, -0.15) is 0 Å². The van der Waals surface area contributed by atoms with E-state index in [1.165, 1.54) is 12.1 Å². The van der Waals surface area contributed by atoms with Crippen molar-refractivity contribution in [2.24, 2.45) is 0 Å². The second-order valence-electron chi connectivity index (χ2n) is 4.81. The van der Waals surface area contributed by atoms with Crippen molar-refractivity contribution in [3.8, 4) is 23.0 Å². The Kier molecular flexibility index (Phi) is 3.17. The first-order valence-corrected chi connectivity index (χ1v) is 6.49. The van der Waals surface area contributed by atoms with Gasteiger partial charge in [0.05, 0.1) is 13.5 Å². The summed E-state index contributed by atoms with van der Waals surface area (Å²) in [7, 11) is 1.58. The summed E-state index contributed by atoms with van der Waals surface area (Å²) in [5.74, 6) is -0.00373. The Hall–Kier alpha value is -2.69. The number of aromatic hydroxyl groups is 2. The SMILES string of the molecule is COc1ccc([C@@H]2CC(=O)c3c(ccc(O)c3O)O2)cc1. The number of Topliss-reactive ketones (excluding diaryl/α,β-unsaturated/α-hetero) is 1. The van der Waals surface area contributed by atoms with Crippen LogP contribution in [0.25, 0.3) is 0 Å². The zero-order valence-electron chi connectivity index (χ0n) is 11.4. The van der Waals surface area contributed by atoms with Crippen molar-refractivity contribution >= 4 is 5.78 Å². The van der Waals surface area contributed by atoms with Crippen molar-refractivity contribution < 1.29 is 24.5 Å². The topological polar surface area (TPSA) is 76.0 Å². The molecule has 0 aromatic heterocycles. The molecule has 0 fully saturated rings. The average Bonchev–Trinajstić information content (AvgIpc) is 2.50. The summed E-state index contributed by atoms with van der Waals surface area (Å²) in [5, 5.41) is 19.2. The summed E-state index contributed by atoms with van der Waals surface area (Å²) in [6, 6.07) is 10.1. The maximum Gasteiger partial charge on any atom is 0.174 e. The molecule has 0 radical (unpaired) electrons. The molecule has 5 nitrogen and oxygen atoms in total. The van der Waals surface area contributed by atoms with Gasteiger partial charge in [0.1, 0.15) is 23.2 Å². The number of fused-ring (bicyclic) bond motifs is 1. The normalized spacial score (nSPS) is 17.0. The Morgan fingerprint density at radius 2 is 1.86 bits per heavy atom. The number of hydrogen-bond donors (Lipinski definition) is 2. The molecule has 0 amide bonds. The third-order valence-electron chi connectivity index (χ3n) is 3.52. The number of rotatable bonds is 2. The molecule has 0 aliphatic carbocycles. The van der Waals surface area contributed by atoms with Crippen molar-refractivity contribution in [3.05, 3.63) is 47.5 Å². The smallest absolute Gasteiger partial charge is 0.174 e. The fourth-order valence-corrected chi connectivity index (χ4v) is 2.40. The number of phenols is 2. The molecule has 0 bridgehead atoms. The Morgan fingerprint density at radius 3 is 2.52 bits per heavy atom. The molecule has 1 aliphatic heterocycles. The van der Waals surface area contributed by atoms with Gasteiger partial charge in [-0.05, 0) is 29.8 Å². The van der Waals surface area contributed by atoms with Crippen LogP contribution in [-0.4, -0.2) is 23.1 Å². The number of ether oxygens (including phenoxy) is 2. The summed E-state index contributed by atoms with van der Waals surface area (Å²) in [4.78, 5) is 12.2. The quantitative estimate of drug-likeness (QED) is 0.830. The first kappa shape index (κ1) is 13.3. The highest BCUT2D eigenvalue weighted by Gasteiger charge is 2.31. The van der Waals surface area contributed by atoms with Crippen LogP contribution in [0.15, 0.2) is 36.4 Å². The predicted molar refractivity (Wildman–Crippen MR) is 75.1 cm³/mol. The highest BCUT2D eigenvalue weighted by molar-refractivity contribution is 6.03. The number of hydrogen-bond acceptors (Lipinski definition) is 5. The van der Waals surface area contributed by atoms with Crippen LogP contribution in [0.1, 0.15) is 28.4 Å². The summed E-state index contributed by atoms with van der Waals surface area (Å²) in [6.07, 6.45) is -0.309. The Morgan fingerprint density at radius 1 is 1.14 bits per heavy atom. The molecule has 1 heterocycles. The summed E-state index contributed by atoms with van der Waals surface area (Å²) in [5.41, 5.74) is 0.891. The van der Waals surface area contributed by atoms with Gasteiger partial charge in [0.2, 0.25) is 0 Å². The van der Waals surface area contributed by atoms with E-state index in [2.05, 4.69) is 0 Å². The van der Waals surface area contributed by atoms with Gasteiger partial charge in [-0.3, -0.25) is 4.79 Å². The number of ketones is 1. The molecular formula is C16H14O5. The zero-order chi connectivity index (χ0) is 15.0. The Labute approximate surface area is 121 Å². The minimum atomic E-state index is -0.425. The molecule has 3 rings (SSSR count). The highest BCUT2D eigenvalue weighted by atomic mass is 16.5. The molecular weight excluding hydrogens is 272 g/mol. The van der Waals surface area contributed by atoms with Crippen LogP contribution >= 0.6 is 0 Å². The van der Waals surface area contributed by atoms with E-state index in [1.54, 1.807) is 19.2 Å². The van der Waals surface area contributed by atoms with Crippen molar-refractivity contribution in [2.75, 3.05) is 7.11 Å². The average molecular weight is 286 g/mol.